The van der Waals surface area contributed by atoms with E-state index < -0.39 is 0 Å². The molecule has 1 aliphatic rings. The van der Waals surface area contributed by atoms with E-state index in [-0.39, 0.29) is 25.0 Å². The van der Waals surface area contributed by atoms with Crippen LogP contribution in [-0.4, -0.2) is 54.5 Å². The van der Waals surface area contributed by atoms with E-state index in [1.165, 1.54) is 0 Å². The Kier molecular flexibility index (Phi) is 7.22. The first kappa shape index (κ1) is 20.1. The lowest BCUT2D eigenvalue weighted by molar-refractivity contribution is -0.122. The fourth-order valence-corrected chi connectivity index (χ4v) is 3.12. The fourth-order valence-electron chi connectivity index (χ4n) is 2.95. The second-order valence-corrected chi connectivity index (χ2v) is 6.92. The second-order valence-electron chi connectivity index (χ2n) is 6.48. The first-order valence-corrected chi connectivity index (χ1v) is 9.59. The number of carbonyl (C=O) groups is 2. The molecule has 0 aliphatic carbocycles. The van der Waals surface area contributed by atoms with Gasteiger partial charge in [-0.25, -0.2) is 0 Å². The average Bonchev–Trinajstić information content (AvgIpc) is 2.69. The van der Waals surface area contributed by atoms with Crippen molar-refractivity contribution < 1.29 is 14.3 Å². The van der Waals surface area contributed by atoms with Crippen molar-refractivity contribution >= 4 is 23.4 Å². The third kappa shape index (κ3) is 5.94. The Labute approximate surface area is 169 Å². The molecule has 2 N–H and O–H groups in total. The molecular weight excluding hydrogens is 380 g/mol. The summed E-state index contributed by atoms with van der Waals surface area (Å²) in [5.41, 5.74) is 1.29. The van der Waals surface area contributed by atoms with Crippen LogP contribution in [0.5, 0.6) is 5.75 Å². The summed E-state index contributed by atoms with van der Waals surface area (Å²) < 4.78 is 5.67. The monoisotopic (exact) mass is 402 g/mol. The van der Waals surface area contributed by atoms with Crippen LogP contribution in [-0.2, 0) is 11.3 Å². The standard InChI is InChI=1S/C20H23ClN4O3/c21-15-5-6-18-17(12-15)20(27)24-8-3-10-25(13-16-4-1-2-7-22-16)14-19(26)23-9-11-28-18/h1-2,4-7,12H,3,8-11,13-14H2,(H,23,26)(H,24,27). The van der Waals surface area contributed by atoms with Gasteiger partial charge in [0.1, 0.15) is 12.4 Å². The molecule has 2 amide bonds. The summed E-state index contributed by atoms with van der Waals surface area (Å²) in [4.78, 5) is 31.1. The molecular formula is C20H23ClN4O3. The third-order valence-corrected chi connectivity index (χ3v) is 4.52. The largest absolute Gasteiger partial charge is 0.491 e. The highest BCUT2D eigenvalue weighted by Gasteiger charge is 2.16. The molecule has 0 bridgehead atoms. The van der Waals surface area contributed by atoms with Gasteiger partial charge in [-0.2, -0.15) is 0 Å². The van der Waals surface area contributed by atoms with Crippen molar-refractivity contribution in [2.24, 2.45) is 0 Å². The minimum atomic E-state index is -0.227. The van der Waals surface area contributed by atoms with Crippen molar-refractivity contribution in [1.82, 2.24) is 20.5 Å². The number of carbonyl (C=O) groups excluding carboxylic acids is 2. The van der Waals surface area contributed by atoms with E-state index in [9.17, 15) is 9.59 Å². The normalized spacial score (nSPS) is 16.9. The first-order valence-electron chi connectivity index (χ1n) is 9.21. The van der Waals surface area contributed by atoms with Gasteiger partial charge in [-0.05, 0) is 36.8 Å². The van der Waals surface area contributed by atoms with E-state index in [2.05, 4.69) is 15.6 Å². The summed E-state index contributed by atoms with van der Waals surface area (Å²) >= 11 is 6.03. The quantitative estimate of drug-likeness (QED) is 0.801. The summed E-state index contributed by atoms with van der Waals surface area (Å²) in [5, 5.41) is 6.21. The van der Waals surface area contributed by atoms with Crippen LogP contribution in [0.3, 0.4) is 0 Å². The van der Waals surface area contributed by atoms with Crippen molar-refractivity contribution in [1.29, 1.82) is 0 Å². The molecule has 0 spiro atoms. The van der Waals surface area contributed by atoms with Crippen molar-refractivity contribution in [2.75, 3.05) is 32.8 Å². The number of benzene rings is 1. The van der Waals surface area contributed by atoms with E-state index in [1.807, 2.05) is 23.1 Å². The van der Waals surface area contributed by atoms with Crippen molar-refractivity contribution in [2.45, 2.75) is 13.0 Å². The van der Waals surface area contributed by atoms with Crippen LogP contribution in [0, 0.1) is 0 Å². The molecule has 0 radical (unpaired) electrons. The molecule has 0 unspecified atom stereocenters. The Bertz CT molecular complexity index is 816. The summed E-state index contributed by atoms with van der Waals surface area (Å²) in [7, 11) is 0. The van der Waals surface area contributed by atoms with Crippen LogP contribution in [0.1, 0.15) is 22.5 Å². The predicted octanol–water partition coefficient (Wildman–Crippen LogP) is 1.87. The molecule has 1 aromatic heterocycles. The van der Waals surface area contributed by atoms with E-state index >= 15 is 0 Å². The molecule has 0 saturated carbocycles. The summed E-state index contributed by atoms with van der Waals surface area (Å²) in [5.74, 6) is 0.150. The summed E-state index contributed by atoms with van der Waals surface area (Å²) in [6, 6.07) is 10.6. The van der Waals surface area contributed by atoms with Gasteiger partial charge >= 0.3 is 0 Å². The minimum absolute atomic E-state index is 0.0723. The summed E-state index contributed by atoms with van der Waals surface area (Å²) in [6.07, 6.45) is 2.43. The first-order chi connectivity index (χ1) is 13.6. The molecule has 7 nitrogen and oxygen atoms in total. The predicted molar refractivity (Wildman–Crippen MR) is 106 cm³/mol. The molecule has 8 heteroatoms. The fraction of sp³-hybridized carbons (Fsp3) is 0.350. The average molecular weight is 403 g/mol. The topological polar surface area (TPSA) is 83.6 Å². The Morgan fingerprint density at radius 2 is 2.04 bits per heavy atom. The number of fused-ring (bicyclic) bond motifs is 1. The zero-order valence-electron chi connectivity index (χ0n) is 15.5. The van der Waals surface area contributed by atoms with Crippen molar-refractivity contribution in [3.63, 3.8) is 0 Å². The number of aromatic nitrogens is 1. The maximum Gasteiger partial charge on any atom is 0.255 e. The van der Waals surface area contributed by atoms with Gasteiger partial charge in [-0.3, -0.25) is 19.5 Å². The van der Waals surface area contributed by atoms with Crippen LogP contribution in [0.25, 0.3) is 0 Å². The zero-order chi connectivity index (χ0) is 19.8. The van der Waals surface area contributed by atoms with E-state index in [1.54, 1.807) is 24.4 Å². The maximum atomic E-state index is 12.5. The van der Waals surface area contributed by atoms with Crippen molar-refractivity contribution in [3.05, 3.63) is 58.9 Å². The molecule has 1 aromatic carbocycles. The Morgan fingerprint density at radius 1 is 1.14 bits per heavy atom. The number of ether oxygens (including phenoxy) is 1. The zero-order valence-corrected chi connectivity index (χ0v) is 16.2. The maximum absolute atomic E-state index is 12.5. The van der Waals surface area contributed by atoms with E-state index in [0.717, 1.165) is 5.69 Å². The van der Waals surface area contributed by atoms with Gasteiger partial charge in [-0.1, -0.05) is 17.7 Å². The molecule has 0 fully saturated rings. The molecule has 0 saturated heterocycles. The highest BCUT2D eigenvalue weighted by molar-refractivity contribution is 6.31. The van der Waals surface area contributed by atoms with Crippen LogP contribution < -0.4 is 15.4 Å². The van der Waals surface area contributed by atoms with Gasteiger partial charge in [0.25, 0.3) is 5.91 Å². The Morgan fingerprint density at radius 3 is 2.86 bits per heavy atom. The van der Waals surface area contributed by atoms with Gasteiger partial charge < -0.3 is 15.4 Å². The highest BCUT2D eigenvalue weighted by Crippen LogP contribution is 2.23. The summed E-state index contributed by atoms with van der Waals surface area (Å²) in [6.45, 7) is 2.57. The second kappa shape index (κ2) is 10.1. The van der Waals surface area contributed by atoms with Crippen LogP contribution in [0.2, 0.25) is 5.02 Å². The lowest BCUT2D eigenvalue weighted by Gasteiger charge is -2.22. The van der Waals surface area contributed by atoms with Crippen LogP contribution in [0.4, 0.5) is 0 Å². The van der Waals surface area contributed by atoms with Crippen molar-refractivity contribution in [3.8, 4) is 5.75 Å². The molecule has 2 heterocycles. The van der Waals surface area contributed by atoms with Gasteiger partial charge in [0.05, 0.1) is 24.3 Å². The minimum Gasteiger partial charge on any atom is -0.491 e. The number of hydrogen-bond donors (Lipinski definition) is 2. The molecule has 3 rings (SSSR count). The Hall–Kier alpha value is -2.64. The SMILES string of the molecule is O=C1CN(Cc2ccccn2)CCCNC(=O)c2cc(Cl)ccc2OCCN1. The molecule has 28 heavy (non-hydrogen) atoms. The van der Waals surface area contributed by atoms with Gasteiger partial charge in [-0.15, -0.1) is 0 Å². The molecule has 148 valence electrons. The van der Waals surface area contributed by atoms with Crippen LogP contribution >= 0.6 is 11.6 Å². The number of pyridine rings is 1. The Balaban J connectivity index is 1.68. The third-order valence-electron chi connectivity index (χ3n) is 4.28. The number of nitrogens with zero attached hydrogens (tertiary/aromatic N) is 2. The van der Waals surface area contributed by atoms with Crippen LogP contribution in [0.15, 0.2) is 42.6 Å². The molecule has 1 aliphatic heterocycles. The number of hydrogen-bond acceptors (Lipinski definition) is 5. The van der Waals surface area contributed by atoms with Gasteiger partial charge in [0.15, 0.2) is 0 Å². The highest BCUT2D eigenvalue weighted by atomic mass is 35.5. The number of nitrogens with one attached hydrogen (secondary N) is 2. The number of rotatable bonds is 2. The number of halogens is 1. The van der Waals surface area contributed by atoms with E-state index in [0.29, 0.717) is 48.9 Å². The number of amides is 2. The van der Waals surface area contributed by atoms with E-state index in [4.69, 9.17) is 16.3 Å². The molecule has 0 atom stereocenters. The van der Waals surface area contributed by atoms with Gasteiger partial charge in [0, 0.05) is 30.9 Å². The smallest absolute Gasteiger partial charge is 0.255 e. The van der Waals surface area contributed by atoms with Gasteiger partial charge in [0.2, 0.25) is 5.91 Å². The molecule has 2 aromatic rings. The lowest BCUT2D eigenvalue weighted by atomic mass is 10.2. The lowest BCUT2D eigenvalue weighted by Crippen LogP contribution is -2.40.